The molecule has 2 aromatic carbocycles. The molecule has 0 saturated carbocycles. The molecule has 6 nitrogen and oxygen atoms in total. The first-order valence-corrected chi connectivity index (χ1v) is 10.7. The molecule has 0 unspecified atom stereocenters. The molecule has 1 amide bonds. The second-order valence-electron chi connectivity index (χ2n) is 8.22. The molecule has 0 bridgehead atoms. The summed E-state index contributed by atoms with van der Waals surface area (Å²) in [7, 11) is 1.71. The first-order valence-electron chi connectivity index (χ1n) is 10.7. The fourth-order valence-electron chi connectivity index (χ4n) is 4.84. The van der Waals surface area contributed by atoms with Crippen molar-refractivity contribution in [3.8, 4) is 5.75 Å². The highest BCUT2D eigenvalue weighted by molar-refractivity contribution is 5.97. The van der Waals surface area contributed by atoms with Crippen molar-refractivity contribution in [2.45, 2.75) is 31.8 Å². The smallest absolute Gasteiger partial charge is 0.268 e. The Bertz CT molecular complexity index is 1060. The van der Waals surface area contributed by atoms with E-state index in [2.05, 4.69) is 33.6 Å². The lowest BCUT2D eigenvalue weighted by atomic mass is 10.0. The van der Waals surface area contributed by atoms with E-state index >= 15 is 0 Å². The molecule has 0 aliphatic carbocycles. The van der Waals surface area contributed by atoms with Crippen LogP contribution in [0.2, 0.25) is 0 Å². The number of carbonyl (C=O) groups excluding carboxylic acids is 1. The highest BCUT2D eigenvalue weighted by Gasteiger charge is 2.28. The van der Waals surface area contributed by atoms with Crippen LogP contribution in [0.3, 0.4) is 0 Å². The molecule has 30 heavy (non-hydrogen) atoms. The van der Waals surface area contributed by atoms with Gasteiger partial charge in [-0.25, -0.2) is 5.43 Å². The Hall–Kier alpha value is -2.83. The second-order valence-corrected chi connectivity index (χ2v) is 8.22. The summed E-state index contributed by atoms with van der Waals surface area (Å²) in [4.78, 5) is 18.5. The lowest BCUT2D eigenvalue weighted by molar-refractivity contribution is 0.0673. The number of ether oxygens (including phenoxy) is 1. The van der Waals surface area contributed by atoms with Gasteiger partial charge in [-0.3, -0.25) is 14.7 Å². The first-order chi connectivity index (χ1) is 14.7. The number of H-pyrrole nitrogens is 1. The van der Waals surface area contributed by atoms with E-state index in [9.17, 15) is 4.79 Å². The summed E-state index contributed by atoms with van der Waals surface area (Å²) < 4.78 is 5.41. The molecular weight excluding hydrogens is 376 g/mol. The van der Waals surface area contributed by atoms with E-state index in [0.717, 1.165) is 48.4 Å². The van der Waals surface area contributed by atoms with Crippen molar-refractivity contribution in [2.75, 3.05) is 26.7 Å². The van der Waals surface area contributed by atoms with Gasteiger partial charge in [0.2, 0.25) is 0 Å². The Morgan fingerprint density at radius 2 is 2.13 bits per heavy atom. The number of hydrogen-bond acceptors (Lipinski definition) is 4. The highest BCUT2D eigenvalue weighted by atomic mass is 16.5. The number of aromatic amines is 1. The molecule has 1 fully saturated rings. The Morgan fingerprint density at radius 1 is 1.23 bits per heavy atom. The standard InChI is InChI=1S/C24H28N4O2/c1-30-20-8-9-23-22(14-20)18(15-25-23)13-19-6-4-11-27(19)12-10-26-28-16-17-5-2-3-7-21(17)24(28)29/h2-3,5,7-9,14-15,19,25-26H,4,6,10-13,16H2,1H3/t19-/m1/s1. The lowest BCUT2D eigenvalue weighted by Gasteiger charge is -2.26. The molecule has 2 aliphatic rings. The molecule has 3 heterocycles. The molecule has 1 aromatic heterocycles. The zero-order chi connectivity index (χ0) is 20.5. The molecule has 0 radical (unpaired) electrons. The van der Waals surface area contributed by atoms with E-state index in [1.165, 1.54) is 23.8 Å². The van der Waals surface area contributed by atoms with Crippen LogP contribution in [-0.4, -0.2) is 53.6 Å². The minimum atomic E-state index is 0.0799. The quantitative estimate of drug-likeness (QED) is 0.634. The Labute approximate surface area is 176 Å². The number of likely N-dealkylation sites (tertiary alicyclic amines) is 1. The van der Waals surface area contributed by atoms with Gasteiger partial charge in [-0.1, -0.05) is 18.2 Å². The Kier molecular flexibility index (Phi) is 5.19. The van der Waals surface area contributed by atoms with Crippen molar-refractivity contribution < 1.29 is 9.53 Å². The van der Waals surface area contributed by atoms with E-state index in [1.54, 1.807) is 12.1 Å². The van der Waals surface area contributed by atoms with Gasteiger partial charge in [0, 0.05) is 41.8 Å². The van der Waals surface area contributed by atoms with Crippen LogP contribution in [0, 0.1) is 0 Å². The number of amides is 1. The molecule has 1 atom stereocenters. The zero-order valence-electron chi connectivity index (χ0n) is 17.4. The number of hydrogen-bond donors (Lipinski definition) is 2. The van der Waals surface area contributed by atoms with Crippen LogP contribution in [0.15, 0.2) is 48.7 Å². The van der Waals surface area contributed by atoms with Gasteiger partial charge in [0.1, 0.15) is 5.75 Å². The normalized spacial score (nSPS) is 19.0. The number of carbonyl (C=O) groups is 1. The zero-order valence-corrected chi connectivity index (χ0v) is 17.4. The number of methoxy groups -OCH3 is 1. The predicted octanol–water partition coefficient (Wildman–Crippen LogP) is 3.34. The van der Waals surface area contributed by atoms with Crippen LogP contribution in [0.1, 0.15) is 34.3 Å². The fraction of sp³-hybridized carbons (Fsp3) is 0.375. The average molecular weight is 405 g/mol. The Balaban J connectivity index is 1.19. The topological polar surface area (TPSA) is 60.6 Å². The largest absolute Gasteiger partial charge is 0.497 e. The van der Waals surface area contributed by atoms with E-state index < -0.39 is 0 Å². The van der Waals surface area contributed by atoms with Crippen LogP contribution in [0.5, 0.6) is 5.75 Å². The number of nitrogens with zero attached hydrogens (tertiary/aromatic N) is 2. The molecule has 6 heteroatoms. The Morgan fingerprint density at radius 3 is 3.00 bits per heavy atom. The molecule has 2 N–H and O–H groups in total. The van der Waals surface area contributed by atoms with Crippen molar-refractivity contribution in [1.29, 1.82) is 0 Å². The summed E-state index contributed by atoms with van der Waals surface area (Å²) >= 11 is 0. The van der Waals surface area contributed by atoms with Crippen molar-refractivity contribution in [3.63, 3.8) is 0 Å². The van der Waals surface area contributed by atoms with E-state index in [0.29, 0.717) is 12.6 Å². The van der Waals surface area contributed by atoms with Crippen LogP contribution < -0.4 is 10.2 Å². The van der Waals surface area contributed by atoms with E-state index in [-0.39, 0.29) is 5.91 Å². The van der Waals surface area contributed by atoms with Crippen molar-refractivity contribution in [2.24, 2.45) is 0 Å². The minimum Gasteiger partial charge on any atom is -0.497 e. The predicted molar refractivity (Wildman–Crippen MR) is 117 cm³/mol. The molecule has 2 aliphatic heterocycles. The van der Waals surface area contributed by atoms with Gasteiger partial charge in [-0.15, -0.1) is 0 Å². The van der Waals surface area contributed by atoms with Crippen LogP contribution in [0.25, 0.3) is 10.9 Å². The summed E-state index contributed by atoms with van der Waals surface area (Å²) in [6, 6.07) is 14.6. The van der Waals surface area contributed by atoms with Crippen LogP contribution >= 0.6 is 0 Å². The second kappa shape index (κ2) is 8.13. The third kappa shape index (κ3) is 3.57. The average Bonchev–Trinajstić information content (AvgIpc) is 3.47. The van der Waals surface area contributed by atoms with Gasteiger partial charge in [0.25, 0.3) is 5.91 Å². The van der Waals surface area contributed by atoms with Crippen LogP contribution in [0.4, 0.5) is 0 Å². The number of aromatic nitrogens is 1. The number of benzene rings is 2. The maximum atomic E-state index is 12.5. The minimum absolute atomic E-state index is 0.0799. The molecule has 5 rings (SSSR count). The molecule has 156 valence electrons. The van der Waals surface area contributed by atoms with Crippen molar-refractivity contribution >= 4 is 16.8 Å². The summed E-state index contributed by atoms with van der Waals surface area (Å²) in [5, 5.41) is 3.00. The third-order valence-corrected chi connectivity index (χ3v) is 6.45. The monoisotopic (exact) mass is 404 g/mol. The SMILES string of the molecule is COc1ccc2[nH]cc(C[C@H]3CCCN3CCNN3Cc4ccccc4C3=O)c2c1. The van der Waals surface area contributed by atoms with E-state index in [1.807, 2.05) is 30.3 Å². The molecule has 3 aromatic rings. The first kappa shape index (κ1) is 19.2. The van der Waals surface area contributed by atoms with Crippen molar-refractivity contribution in [3.05, 3.63) is 65.4 Å². The van der Waals surface area contributed by atoms with Gasteiger partial charge >= 0.3 is 0 Å². The van der Waals surface area contributed by atoms with Crippen molar-refractivity contribution in [1.82, 2.24) is 20.3 Å². The summed E-state index contributed by atoms with van der Waals surface area (Å²) in [6.45, 7) is 3.48. The lowest BCUT2D eigenvalue weighted by Crippen LogP contribution is -2.44. The maximum Gasteiger partial charge on any atom is 0.268 e. The summed E-state index contributed by atoms with van der Waals surface area (Å²) in [5.41, 5.74) is 7.77. The number of fused-ring (bicyclic) bond motifs is 2. The molecule has 0 spiro atoms. The number of rotatable bonds is 7. The molecule has 1 saturated heterocycles. The fourth-order valence-corrected chi connectivity index (χ4v) is 4.84. The van der Waals surface area contributed by atoms with Crippen LogP contribution in [-0.2, 0) is 13.0 Å². The summed E-state index contributed by atoms with van der Waals surface area (Å²) in [5.74, 6) is 0.975. The number of hydrazine groups is 1. The van der Waals surface area contributed by atoms with Gasteiger partial charge in [0.05, 0.1) is 13.7 Å². The van der Waals surface area contributed by atoms with Gasteiger partial charge in [-0.05, 0) is 61.2 Å². The molecular formula is C24H28N4O2. The van der Waals surface area contributed by atoms with Gasteiger partial charge in [0.15, 0.2) is 0 Å². The summed E-state index contributed by atoms with van der Waals surface area (Å²) in [6.07, 6.45) is 5.61. The van der Waals surface area contributed by atoms with Gasteiger partial charge < -0.3 is 9.72 Å². The third-order valence-electron chi connectivity index (χ3n) is 6.45. The van der Waals surface area contributed by atoms with E-state index in [4.69, 9.17) is 4.74 Å². The maximum absolute atomic E-state index is 12.5. The van der Waals surface area contributed by atoms with Gasteiger partial charge in [-0.2, -0.15) is 0 Å². The number of nitrogens with one attached hydrogen (secondary N) is 2. The highest BCUT2D eigenvalue weighted by Crippen LogP contribution is 2.28.